The molecular weight excluding hydrogens is 224 g/mol. The summed E-state index contributed by atoms with van der Waals surface area (Å²) in [6.45, 7) is 3.09. The van der Waals surface area contributed by atoms with Gasteiger partial charge in [-0.05, 0) is 30.4 Å². The quantitative estimate of drug-likeness (QED) is 0.845. The second-order valence-corrected chi connectivity index (χ2v) is 4.85. The predicted molar refractivity (Wildman–Crippen MR) is 70.1 cm³/mol. The zero-order valence-corrected chi connectivity index (χ0v) is 10.5. The Balaban J connectivity index is 1.75. The van der Waals surface area contributed by atoms with Crippen LogP contribution in [-0.4, -0.2) is 22.0 Å². The first-order valence-corrected chi connectivity index (χ1v) is 6.54. The van der Waals surface area contributed by atoms with Gasteiger partial charge in [-0.3, -0.25) is 0 Å². The lowest BCUT2D eigenvalue weighted by atomic mass is 10.0. The fourth-order valence-electron chi connectivity index (χ4n) is 2.72. The Hall–Kier alpha value is -1.68. The van der Waals surface area contributed by atoms with Crippen molar-refractivity contribution in [3.63, 3.8) is 0 Å². The molecule has 0 aliphatic heterocycles. The Morgan fingerprint density at radius 3 is 2.89 bits per heavy atom. The van der Waals surface area contributed by atoms with Gasteiger partial charge in [0.05, 0.1) is 17.9 Å². The van der Waals surface area contributed by atoms with Crippen molar-refractivity contribution in [2.45, 2.75) is 25.3 Å². The maximum atomic E-state index is 4.23. The summed E-state index contributed by atoms with van der Waals surface area (Å²) < 4.78 is 0. The second kappa shape index (κ2) is 4.90. The molecule has 3 rings (SSSR count). The van der Waals surface area contributed by atoms with Crippen LogP contribution in [0.4, 0.5) is 0 Å². The molecule has 0 spiro atoms. The molecule has 2 N–H and O–H groups in total. The summed E-state index contributed by atoms with van der Waals surface area (Å²) in [5.74, 6) is 1.30. The van der Waals surface area contributed by atoms with Crippen LogP contribution in [0.15, 0.2) is 36.5 Å². The maximum Gasteiger partial charge on any atom is 0.0996 e. The number of hydrogen-bond acceptors (Lipinski definition) is 3. The summed E-state index contributed by atoms with van der Waals surface area (Å²) in [6.07, 6.45) is 3.06. The van der Waals surface area contributed by atoms with Gasteiger partial charge in [-0.25, -0.2) is 0 Å². The molecule has 1 aromatic carbocycles. The molecule has 0 bridgehead atoms. The zero-order chi connectivity index (χ0) is 12.4. The summed E-state index contributed by atoms with van der Waals surface area (Å²) in [6, 6.07) is 11.1. The van der Waals surface area contributed by atoms with Gasteiger partial charge in [0.1, 0.15) is 0 Å². The predicted octanol–water partition coefficient (Wildman–Crippen LogP) is 2.26. The minimum absolute atomic E-state index is 0.318. The number of aromatic amines is 1. The summed E-state index contributed by atoms with van der Waals surface area (Å²) in [5, 5.41) is 14.4. The molecule has 0 amide bonds. The van der Waals surface area contributed by atoms with Gasteiger partial charge in [-0.1, -0.05) is 37.3 Å². The Labute approximate surface area is 107 Å². The number of aromatic nitrogens is 3. The SMILES string of the molecule is CCNC(c1cn[nH]n1)C1CC1c1ccccc1. The van der Waals surface area contributed by atoms with Crippen LogP contribution in [0.25, 0.3) is 0 Å². The van der Waals surface area contributed by atoms with Crippen LogP contribution in [0.3, 0.4) is 0 Å². The molecule has 3 unspecified atom stereocenters. The van der Waals surface area contributed by atoms with Crippen LogP contribution < -0.4 is 5.32 Å². The molecule has 0 radical (unpaired) electrons. The van der Waals surface area contributed by atoms with E-state index >= 15 is 0 Å². The smallest absolute Gasteiger partial charge is 0.0996 e. The van der Waals surface area contributed by atoms with Crippen LogP contribution in [0, 0.1) is 5.92 Å². The molecule has 0 saturated heterocycles. The first kappa shape index (κ1) is 11.4. The lowest BCUT2D eigenvalue weighted by Gasteiger charge is -2.15. The number of nitrogens with one attached hydrogen (secondary N) is 2. The molecule has 1 aromatic heterocycles. The van der Waals surface area contributed by atoms with Gasteiger partial charge in [0.2, 0.25) is 0 Å². The molecule has 1 aliphatic carbocycles. The summed E-state index contributed by atoms with van der Waals surface area (Å²) in [7, 11) is 0. The molecule has 3 atom stereocenters. The van der Waals surface area contributed by atoms with E-state index in [1.807, 2.05) is 6.20 Å². The van der Waals surface area contributed by atoms with Crippen LogP contribution in [-0.2, 0) is 0 Å². The minimum atomic E-state index is 0.318. The van der Waals surface area contributed by atoms with E-state index in [2.05, 4.69) is 58.0 Å². The van der Waals surface area contributed by atoms with Crippen molar-refractivity contribution in [3.8, 4) is 0 Å². The molecular formula is C14H18N4. The Morgan fingerprint density at radius 2 is 2.22 bits per heavy atom. The topological polar surface area (TPSA) is 53.6 Å². The Kier molecular flexibility index (Phi) is 3.11. The molecule has 4 heteroatoms. The van der Waals surface area contributed by atoms with Gasteiger partial charge >= 0.3 is 0 Å². The highest BCUT2D eigenvalue weighted by atomic mass is 15.3. The van der Waals surface area contributed by atoms with E-state index in [0.29, 0.717) is 17.9 Å². The van der Waals surface area contributed by atoms with Crippen molar-refractivity contribution in [1.82, 2.24) is 20.7 Å². The van der Waals surface area contributed by atoms with Crippen molar-refractivity contribution in [3.05, 3.63) is 47.8 Å². The Morgan fingerprint density at radius 1 is 1.39 bits per heavy atom. The highest BCUT2D eigenvalue weighted by Crippen LogP contribution is 2.53. The Bertz CT molecular complexity index is 480. The number of nitrogens with zero attached hydrogens (tertiary/aromatic N) is 2. The average molecular weight is 242 g/mol. The van der Waals surface area contributed by atoms with Gasteiger partial charge in [0, 0.05) is 0 Å². The van der Waals surface area contributed by atoms with Gasteiger partial charge in [-0.15, -0.1) is 0 Å². The second-order valence-electron chi connectivity index (χ2n) is 4.85. The fraction of sp³-hybridized carbons (Fsp3) is 0.429. The molecule has 1 saturated carbocycles. The molecule has 1 aliphatic rings. The van der Waals surface area contributed by atoms with E-state index in [-0.39, 0.29) is 0 Å². The normalized spacial score (nSPS) is 23.8. The van der Waals surface area contributed by atoms with Crippen molar-refractivity contribution >= 4 is 0 Å². The van der Waals surface area contributed by atoms with Gasteiger partial charge in [0.25, 0.3) is 0 Å². The van der Waals surface area contributed by atoms with Gasteiger partial charge < -0.3 is 5.32 Å². The highest BCUT2D eigenvalue weighted by molar-refractivity contribution is 5.28. The molecule has 2 aromatic rings. The van der Waals surface area contributed by atoms with Crippen molar-refractivity contribution in [2.24, 2.45) is 5.92 Å². The maximum absolute atomic E-state index is 4.23. The zero-order valence-electron chi connectivity index (χ0n) is 10.5. The monoisotopic (exact) mass is 242 g/mol. The van der Waals surface area contributed by atoms with Gasteiger partial charge in [-0.2, -0.15) is 15.4 Å². The minimum Gasteiger partial charge on any atom is -0.309 e. The number of benzene rings is 1. The third-order valence-corrected chi connectivity index (χ3v) is 3.67. The first-order valence-electron chi connectivity index (χ1n) is 6.54. The van der Waals surface area contributed by atoms with E-state index in [1.54, 1.807) is 0 Å². The average Bonchev–Trinajstić information content (AvgIpc) is 3.02. The van der Waals surface area contributed by atoms with E-state index in [4.69, 9.17) is 0 Å². The standard InChI is InChI=1S/C14H18N4/c1-2-15-14(13-9-16-18-17-13)12-8-11(12)10-6-4-3-5-7-10/h3-7,9,11-12,14-15H,2,8H2,1H3,(H,16,17,18). The molecule has 94 valence electrons. The van der Waals surface area contributed by atoms with E-state index in [9.17, 15) is 0 Å². The van der Waals surface area contributed by atoms with Crippen LogP contribution in [0.2, 0.25) is 0 Å². The highest BCUT2D eigenvalue weighted by Gasteiger charge is 2.44. The van der Waals surface area contributed by atoms with Gasteiger partial charge in [0.15, 0.2) is 0 Å². The molecule has 18 heavy (non-hydrogen) atoms. The van der Waals surface area contributed by atoms with Crippen LogP contribution in [0.1, 0.15) is 36.6 Å². The lowest BCUT2D eigenvalue weighted by molar-refractivity contribution is 0.475. The lowest BCUT2D eigenvalue weighted by Crippen LogP contribution is -2.23. The number of hydrogen-bond donors (Lipinski definition) is 2. The van der Waals surface area contributed by atoms with E-state index in [0.717, 1.165) is 12.2 Å². The number of rotatable bonds is 5. The summed E-state index contributed by atoms with van der Waals surface area (Å²) >= 11 is 0. The fourth-order valence-corrected chi connectivity index (χ4v) is 2.72. The van der Waals surface area contributed by atoms with Crippen LogP contribution in [0.5, 0.6) is 0 Å². The summed E-state index contributed by atoms with van der Waals surface area (Å²) in [5.41, 5.74) is 2.47. The summed E-state index contributed by atoms with van der Waals surface area (Å²) in [4.78, 5) is 0. The van der Waals surface area contributed by atoms with Crippen molar-refractivity contribution < 1.29 is 0 Å². The van der Waals surface area contributed by atoms with E-state index in [1.165, 1.54) is 12.0 Å². The van der Waals surface area contributed by atoms with Crippen molar-refractivity contribution in [1.29, 1.82) is 0 Å². The largest absolute Gasteiger partial charge is 0.309 e. The number of H-pyrrole nitrogens is 1. The molecule has 4 nitrogen and oxygen atoms in total. The molecule has 1 fully saturated rings. The third kappa shape index (κ3) is 2.16. The first-order chi connectivity index (χ1) is 8.90. The third-order valence-electron chi connectivity index (χ3n) is 3.67. The molecule has 1 heterocycles. The van der Waals surface area contributed by atoms with E-state index < -0.39 is 0 Å². The van der Waals surface area contributed by atoms with Crippen LogP contribution >= 0.6 is 0 Å². The van der Waals surface area contributed by atoms with Crippen molar-refractivity contribution in [2.75, 3.05) is 6.54 Å².